The predicted octanol–water partition coefficient (Wildman–Crippen LogP) is -0.211. The van der Waals surface area contributed by atoms with Gasteiger partial charge in [-0.1, -0.05) is 0 Å². The molecule has 0 aliphatic heterocycles. The molecule has 0 amide bonds. The van der Waals surface area contributed by atoms with Gasteiger partial charge in [0.15, 0.2) is 5.82 Å². The van der Waals surface area contributed by atoms with E-state index in [2.05, 4.69) is 20.0 Å². The summed E-state index contributed by atoms with van der Waals surface area (Å²) < 4.78 is 29.5. The average molecular weight is 329 g/mol. The van der Waals surface area contributed by atoms with Crippen LogP contribution in [0.2, 0.25) is 0 Å². The maximum atomic E-state index is 11.0. The molecule has 0 radical (unpaired) electrons. The number of nitrogens with zero attached hydrogens (tertiary/aromatic N) is 2. The van der Waals surface area contributed by atoms with Crippen molar-refractivity contribution in [2.45, 2.75) is 31.4 Å². The third-order valence-electron chi connectivity index (χ3n) is 3.45. The second kappa shape index (κ2) is 7.32. The van der Waals surface area contributed by atoms with E-state index in [0.29, 0.717) is 37.3 Å². The molecule has 1 aromatic heterocycles. The van der Waals surface area contributed by atoms with Crippen molar-refractivity contribution in [3.05, 3.63) is 17.6 Å². The summed E-state index contributed by atoms with van der Waals surface area (Å²) in [5.41, 5.74) is 6.79. The van der Waals surface area contributed by atoms with E-state index in [4.69, 9.17) is 10.5 Å². The zero-order chi connectivity index (χ0) is 16.2. The highest BCUT2D eigenvalue weighted by Crippen LogP contribution is 2.35. The highest BCUT2D eigenvalue weighted by Gasteiger charge is 2.29. The first-order valence-electron chi connectivity index (χ1n) is 7.18. The molecule has 0 aromatic carbocycles. The molecule has 1 aliphatic carbocycles. The van der Waals surface area contributed by atoms with Gasteiger partial charge in [-0.2, -0.15) is 0 Å². The van der Waals surface area contributed by atoms with E-state index in [1.165, 1.54) is 0 Å². The Morgan fingerprint density at radius 2 is 2.09 bits per heavy atom. The van der Waals surface area contributed by atoms with Crippen LogP contribution in [0, 0.1) is 0 Å². The van der Waals surface area contributed by atoms with Crippen LogP contribution in [0.15, 0.2) is 6.07 Å². The van der Waals surface area contributed by atoms with Crippen LogP contribution in [0.5, 0.6) is 0 Å². The lowest BCUT2D eigenvalue weighted by Crippen LogP contribution is -2.35. The van der Waals surface area contributed by atoms with Gasteiger partial charge in [-0.15, -0.1) is 0 Å². The van der Waals surface area contributed by atoms with E-state index >= 15 is 0 Å². The number of hydrogen-bond acceptors (Lipinski definition) is 7. The van der Waals surface area contributed by atoms with E-state index < -0.39 is 10.0 Å². The number of ether oxygens (including phenoxy) is 1. The average Bonchev–Trinajstić information content (AvgIpc) is 2.39. The van der Waals surface area contributed by atoms with Gasteiger partial charge in [-0.3, -0.25) is 0 Å². The molecule has 0 saturated heterocycles. The highest BCUT2D eigenvalue weighted by molar-refractivity contribution is 7.88. The van der Waals surface area contributed by atoms with Crippen molar-refractivity contribution >= 4 is 15.8 Å². The Bertz CT molecular complexity index is 602. The van der Waals surface area contributed by atoms with Crippen molar-refractivity contribution < 1.29 is 13.2 Å². The molecule has 8 nitrogen and oxygen atoms in total. The summed E-state index contributed by atoms with van der Waals surface area (Å²) >= 11 is 0. The minimum Gasteiger partial charge on any atom is -0.377 e. The van der Waals surface area contributed by atoms with Gasteiger partial charge in [0, 0.05) is 43.9 Å². The molecule has 0 spiro atoms. The molecular weight excluding hydrogens is 306 g/mol. The number of nitrogens with one attached hydrogen (secondary N) is 2. The molecular formula is C13H23N5O3S. The fourth-order valence-corrected chi connectivity index (χ4v) is 2.81. The number of rotatable bonds is 8. The number of sulfonamides is 1. The van der Waals surface area contributed by atoms with Crippen molar-refractivity contribution in [1.29, 1.82) is 0 Å². The number of hydrogen-bond donors (Lipinski definition) is 3. The molecule has 1 fully saturated rings. The molecule has 1 heterocycles. The minimum absolute atomic E-state index is 0.251. The Morgan fingerprint density at radius 3 is 2.68 bits per heavy atom. The fourth-order valence-electron chi connectivity index (χ4n) is 2.34. The van der Waals surface area contributed by atoms with Crippen molar-refractivity contribution in [3.63, 3.8) is 0 Å². The molecule has 124 valence electrons. The molecule has 2 rings (SSSR count). The first-order valence-corrected chi connectivity index (χ1v) is 9.07. The Morgan fingerprint density at radius 1 is 1.36 bits per heavy atom. The molecule has 22 heavy (non-hydrogen) atoms. The lowest BCUT2D eigenvalue weighted by molar-refractivity contribution is 0.177. The fraction of sp³-hybridized carbons (Fsp3) is 0.692. The van der Waals surface area contributed by atoms with Crippen LogP contribution in [0.1, 0.15) is 30.3 Å². The lowest BCUT2D eigenvalue weighted by atomic mass is 9.78. The molecule has 0 bridgehead atoms. The standard InChI is InChI=1S/C13H23N5O3S/c1-21-8-13-17-11(9-5-10(14)6-9)7-12(18-13)15-3-4-16-22(2,19)20/h7,9-10,16H,3-6,8,14H2,1-2H3,(H,15,17,18). The van der Waals surface area contributed by atoms with Gasteiger partial charge in [-0.05, 0) is 12.8 Å². The summed E-state index contributed by atoms with van der Waals surface area (Å²) in [6.45, 7) is 1.08. The van der Waals surface area contributed by atoms with Gasteiger partial charge >= 0.3 is 0 Å². The molecule has 9 heteroatoms. The van der Waals surface area contributed by atoms with Crippen LogP contribution in [-0.4, -0.2) is 50.9 Å². The van der Waals surface area contributed by atoms with E-state index in [-0.39, 0.29) is 6.04 Å². The summed E-state index contributed by atoms with van der Waals surface area (Å²) in [7, 11) is -1.58. The Labute approximate surface area is 130 Å². The SMILES string of the molecule is COCc1nc(NCCNS(C)(=O)=O)cc(C2CC(N)C2)n1. The van der Waals surface area contributed by atoms with Gasteiger partial charge in [0.25, 0.3) is 0 Å². The summed E-state index contributed by atoms with van der Waals surface area (Å²) in [5, 5.41) is 3.11. The van der Waals surface area contributed by atoms with E-state index in [0.717, 1.165) is 24.8 Å². The quantitative estimate of drug-likeness (QED) is 0.564. The topological polar surface area (TPSA) is 119 Å². The van der Waals surface area contributed by atoms with E-state index in [1.807, 2.05) is 6.07 Å². The van der Waals surface area contributed by atoms with Crippen LogP contribution in [0.4, 0.5) is 5.82 Å². The second-order valence-corrected chi connectivity index (χ2v) is 7.38. The molecule has 4 N–H and O–H groups in total. The van der Waals surface area contributed by atoms with Crippen LogP contribution in [0.25, 0.3) is 0 Å². The molecule has 1 saturated carbocycles. The predicted molar refractivity (Wildman–Crippen MR) is 84.0 cm³/mol. The molecule has 1 aliphatic rings. The monoisotopic (exact) mass is 329 g/mol. The van der Waals surface area contributed by atoms with Gasteiger partial charge in [0.2, 0.25) is 10.0 Å². The number of aromatic nitrogens is 2. The molecule has 0 atom stereocenters. The Balaban J connectivity index is 1.99. The molecule has 1 aromatic rings. The van der Waals surface area contributed by atoms with Crippen molar-refractivity contribution in [2.24, 2.45) is 5.73 Å². The van der Waals surface area contributed by atoms with Crippen molar-refractivity contribution in [2.75, 3.05) is 31.8 Å². The third-order valence-corrected chi connectivity index (χ3v) is 4.18. The first kappa shape index (κ1) is 17.1. The Hall–Kier alpha value is -1.29. The van der Waals surface area contributed by atoms with Crippen molar-refractivity contribution in [1.82, 2.24) is 14.7 Å². The summed E-state index contributed by atoms with van der Waals surface area (Å²) in [5.74, 6) is 1.65. The van der Waals surface area contributed by atoms with Gasteiger partial charge in [0.1, 0.15) is 12.4 Å². The van der Waals surface area contributed by atoms with Gasteiger partial charge < -0.3 is 15.8 Å². The van der Waals surface area contributed by atoms with Crippen LogP contribution < -0.4 is 15.8 Å². The second-order valence-electron chi connectivity index (χ2n) is 5.55. The third kappa shape index (κ3) is 5.16. The van der Waals surface area contributed by atoms with Crippen LogP contribution in [-0.2, 0) is 21.4 Å². The zero-order valence-corrected chi connectivity index (χ0v) is 13.7. The van der Waals surface area contributed by atoms with E-state index in [9.17, 15) is 8.42 Å². The smallest absolute Gasteiger partial charge is 0.208 e. The lowest BCUT2D eigenvalue weighted by Gasteiger charge is -2.32. The zero-order valence-electron chi connectivity index (χ0n) is 12.9. The first-order chi connectivity index (χ1) is 10.4. The maximum Gasteiger partial charge on any atom is 0.208 e. The number of methoxy groups -OCH3 is 1. The maximum absolute atomic E-state index is 11.0. The normalized spacial score (nSPS) is 21.4. The number of anilines is 1. The van der Waals surface area contributed by atoms with E-state index in [1.54, 1.807) is 7.11 Å². The van der Waals surface area contributed by atoms with Crippen LogP contribution in [0.3, 0.4) is 0 Å². The summed E-state index contributed by atoms with van der Waals surface area (Å²) in [4.78, 5) is 8.87. The van der Waals surface area contributed by atoms with Crippen LogP contribution >= 0.6 is 0 Å². The molecule has 0 unspecified atom stereocenters. The van der Waals surface area contributed by atoms with Gasteiger partial charge in [-0.25, -0.2) is 23.1 Å². The number of nitrogens with two attached hydrogens (primary N) is 1. The van der Waals surface area contributed by atoms with Crippen molar-refractivity contribution in [3.8, 4) is 0 Å². The van der Waals surface area contributed by atoms with Gasteiger partial charge in [0.05, 0.1) is 6.26 Å². The highest BCUT2D eigenvalue weighted by atomic mass is 32.2. The Kier molecular flexibility index (Phi) is 5.68. The largest absolute Gasteiger partial charge is 0.377 e. The minimum atomic E-state index is -3.17. The summed E-state index contributed by atoms with van der Waals surface area (Å²) in [6.07, 6.45) is 2.99. The summed E-state index contributed by atoms with van der Waals surface area (Å²) in [6, 6.07) is 2.15.